The van der Waals surface area contributed by atoms with Gasteiger partial charge in [-0.25, -0.2) is 0 Å². The Bertz CT molecular complexity index is 1280. The Hall–Kier alpha value is -2.61. The number of anilines is 1. The highest BCUT2D eigenvalue weighted by Gasteiger charge is 2.49. The van der Waals surface area contributed by atoms with Crippen LogP contribution in [-0.2, 0) is 0 Å². The minimum absolute atomic E-state index is 0.109. The summed E-state index contributed by atoms with van der Waals surface area (Å²) in [5.74, 6) is 0.438. The lowest BCUT2D eigenvalue weighted by atomic mass is 9.42. The van der Waals surface area contributed by atoms with Gasteiger partial charge < -0.3 is 10.6 Å². The lowest BCUT2D eigenvalue weighted by Crippen LogP contribution is -2.49. The molecular weight excluding hydrogens is 374 g/mol. The van der Waals surface area contributed by atoms with Crippen LogP contribution in [0.15, 0.2) is 71.5 Å². The molecule has 0 spiro atoms. The summed E-state index contributed by atoms with van der Waals surface area (Å²) in [6.45, 7) is 8.85. The molecule has 3 heterocycles. The molecule has 2 bridgehead atoms. The van der Waals surface area contributed by atoms with Crippen LogP contribution in [0.2, 0.25) is 5.21 Å². The second-order valence-corrected chi connectivity index (χ2v) is 10.1. The standard InChI is InChI=1S/C27H26B2N2/c1-14(2)27(28,29)18-8-6-12-26(4)19(18)13-21-24-23-17(15(3)25(26)31-24)11-10-16-7-5-9-20(30-21)22(16)23/h5-15,25,30-31H,1-4H3. The first kappa shape index (κ1) is 19.1. The van der Waals surface area contributed by atoms with Crippen molar-refractivity contribution in [1.29, 1.82) is 0 Å². The van der Waals surface area contributed by atoms with Gasteiger partial charge in [0, 0.05) is 34.0 Å². The number of nitrogens with one attached hydrogen (secondary N) is 2. The van der Waals surface area contributed by atoms with E-state index in [1.807, 2.05) is 0 Å². The minimum Gasteiger partial charge on any atom is -0.378 e. The van der Waals surface area contributed by atoms with Crippen molar-refractivity contribution >= 4 is 37.8 Å². The molecule has 2 nitrogen and oxygen atoms in total. The molecule has 6 rings (SSSR count). The Balaban J connectivity index is 1.67. The summed E-state index contributed by atoms with van der Waals surface area (Å²) < 4.78 is 0. The first-order valence-corrected chi connectivity index (χ1v) is 11.3. The molecule has 4 heteroatoms. The highest BCUT2D eigenvalue weighted by molar-refractivity contribution is 6.42. The van der Waals surface area contributed by atoms with Crippen LogP contribution < -0.4 is 10.6 Å². The van der Waals surface area contributed by atoms with Crippen molar-refractivity contribution in [1.82, 2.24) is 5.32 Å². The maximum Gasteiger partial charge on any atom is 0.0686 e. The van der Waals surface area contributed by atoms with Gasteiger partial charge in [-0.3, -0.25) is 0 Å². The van der Waals surface area contributed by atoms with E-state index >= 15 is 0 Å². The van der Waals surface area contributed by atoms with Gasteiger partial charge in [0.05, 0.1) is 27.1 Å². The first-order valence-electron chi connectivity index (χ1n) is 11.3. The molecule has 3 unspecified atom stereocenters. The van der Waals surface area contributed by atoms with Crippen LogP contribution in [0.25, 0.3) is 16.5 Å². The van der Waals surface area contributed by atoms with Crippen LogP contribution in [0.4, 0.5) is 5.69 Å². The maximum absolute atomic E-state index is 6.75. The number of benzene rings is 2. The normalized spacial score (nSPS) is 28.0. The van der Waals surface area contributed by atoms with Crippen LogP contribution in [-0.4, -0.2) is 21.7 Å². The summed E-state index contributed by atoms with van der Waals surface area (Å²) in [4.78, 5) is 0. The molecule has 150 valence electrons. The third kappa shape index (κ3) is 2.31. The third-order valence-corrected chi connectivity index (χ3v) is 8.09. The molecule has 4 aliphatic rings. The molecule has 3 aliphatic heterocycles. The van der Waals surface area contributed by atoms with E-state index in [9.17, 15) is 0 Å². The van der Waals surface area contributed by atoms with E-state index in [0.717, 1.165) is 17.0 Å². The second kappa shape index (κ2) is 6.00. The van der Waals surface area contributed by atoms with Gasteiger partial charge in [-0.15, -0.1) is 0 Å². The van der Waals surface area contributed by atoms with Crippen LogP contribution in [0.3, 0.4) is 0 Å². The van der Waals surface area contributed by atoms with Gasteiger partial charge in [0.2, 0.25) is 0 Å². The number of allylic oxidation sites excluding steroid dienone is 4. The maximum atomic E-state index is 6.75. The van der Waals surface area contributed by atoms with Crippen molar-refractivity contribution in [2.24, 2.45) is 11.3 Å². The van der Waals surface area contributed by atoms with E-state index in [2.05, 4.69) is 93.0 Å². The molecule has 31 heavy (non-hydrogen) atoms. The summed E-state index contributed by atoms with van der Waals surface area (Å²) in [5.41, 5.74) is 8.21. The molecule has 0 amide bonds. The van der Waals surface area contributed by atoms with E-state index in [0.29, 0.717) is 5.92 Å². The van der Waals surface area contributed by atoms with Gasteiger partial charge in [-0.2, -0.15) is 0 Å². The third-order valence-electron chi connectivity index (χ3n) is 8.09. The lowest BCUT2D eigenvalue weighted by molar-refractivity contribution is 0.316. The predicted molar refractivity (Wildman–Crippen MR) is 132 cm³/mol. The number of fused-ring (bicyclic) bond motifs is 3. The monoisotopic (exact) mass is 400 g/mol. The minimum atomic E-state index is -0.905. The predicted octanol–water partition coefficient (Wildman–Crippen LogP) is 5.56. The van der Waals surface area contributed by atoms with Gasteiger partial charge in [0.15, 0.2) is 0 Å². The lowest BCUT2D eigenvalue weighted by Gasteiger charge is -2.49. The highest BCUT2D eigenvalue weighted by Crippen LogP contribution is 2.57. The largest absolute Gasteiger partial charge is 0.378 e. The van der Waals surface area contributed by atoms with Gasteiger partial charge in [0.1, 0.15) is 0 Å². The molecule has 1 aliphatic carbocycles. The van der Waals surface area contributed by atoms with Crippen molar-refractivity contribution in [3.8, 4) is 0 Å². The molecule has 4 radical (unpaired) electrons. The fraction of sp³-hybridized carbons (Fsp3) is 0.333. The van der Waals surface area contributed by atoms with E-state index in [-0.39, 0.29) is 17.4 Å². The Kier molecular flexibility index (Phi) is 3.70. The molecule has 0 fully saturated rings. The molecular formula is C27H26B2N2. The smallest absolute Gasteiger partial charge is 0.0686 e. The van der Waals surface area contributed by atoms with Gasteiger partial charge in [0.25, 0.3) is 0 Å². The van der Waals surface area contributed by atoms with E-state index in [4.69, 9.17) is 15.7 Å². The Morgan fingerprint density at radius 3 is 2.71 bits per heavy atom. The summed E-state index contributed by atoms with van der Waals surface area (Å²) in [6.07, 6.45) is 8.87. The fourth-order valence-electron chi connectivity index (χ4n) is 6.03. The van der Waals surface area contributed by atoms with Crippen molar-refractivity contribution < 1.29 is 0 Å². The number of rotatable bonds is 2. The van der Waals surface area contributed by atoms with Crippen molar-refractivity contribution in [3.63, 3.8) is 0 Å². The second-order valence-electron chi connectivity index (χ2n) is 10.1. The Morgan fingerprint density at radius 2 is 1.94 bits per heavy atom. The summed E-state index contributed by atoms with van der Waals surface area (Å²) in [5, 5.41) is 9.35. The summed E-state index contributed by atoms with van der Waals surface area (Å²) >= 11 is 0. The van der Waals surface area contributed by atoms with Crippen molar-refractivity contribution in [2.75, 3.05) is 5.32 Å². The van der Waals surface area contributed by atoms with E-state index in [1.165, 1.54) is 33.2 Å². The van der Waals surface area contributed by atoms with Crippen LogP contribution in [0.1, 0.15) is 44.7 Å². The van der Waals surface area contributed by atoms with E-state index < -0.39 is 5.21 Å². The molecule has 2 aromatic rings. The first-order chi connectivity index (χ1) is 14.7. The molecule has 0 saturated carbocycles. The van der Waals surface area contributed by atoms with Crippen LogP contribution >= 0.6 is 0 Å². The Labute approximate surface area is 187 Å². The summed E-state index contributed by atoms with van der Waals surface area (Å²) in [6, 6.07) is 11.3. The van der Waals surface area contributed by atoms with Gasteiger partial charge in [-0.1, -0.05) is 80.0 Å². The molecule has 3 atom stereocenters. The SMILES string of the molecule is [B]C([B])(C1=CC=CC2(C)C1=CC1=C3NC2C(C)c2ccc4cccc(c4c23)N1)C(C)C. The number of hydrogen-bond acceptors (Lipinski definition) is 2. The van der Waals surface area contributed by atoms with Gasteiger partial charge >= 0.3 is 0 Å². The Morgan fingerprint density at radius 1 is 1.13 bits per heavy atom. The average molecular weight is 400 g/mol. The topological polar surface area (TPSA) is 24.1 Å². The van der Waals surface area contributed by atoms with Crippen LogP contribution in [0, 0.1) is 11.3 Å². The molecule has 0 saturated heterocycles. The number of hydrogen-bond donors (Lipinski definition) is 2. The fourth-order valence-corrected chi connectivity index (χ4v) is 6.03. The van der Waals surface area contributed by atoms with E-state index in [1.54, 1.807) is 0 Å². The van der Waals surface area contributed by atoms with Crippen LogP contribution in [0.5, 0.6) is 0 Å². The summed E-state index contributed by atoms with van der Waals surface area (Å²) in [7, 11) is 13.5. The van der Waals surface area contributed by atoms with Gasteiger partial charge in [-0.05, 0) is 35.6 Å². The zero-order valence-electron chi connectivity index (χ0n) is 18.6. The van der Waals surface area contributed by atoms with Crippen molar-refractivity contribution in [2.45, 2.75) is 44.9 Å². The quantitative estimate of drug-likeness (QED) is 0.645. The highest BCUT2D eigenvalue weighted by atomic mass is 15.0. The zero-order chi connectivity index (χ0) is 21.7. The zero-order valence-corrected chi connectivity index (χ0v) is 18.6. The average Bonchev–Trinajstić information content (AvgIpc) is 2.86. The molecule has 0 aromatic heterocycles. The molecule has 2 aromatic carbocycles. The van der Waals surface area contributed by atoms with Crippen molar-refractivity contribution in [3.05, 3.63) is 82.6 Å². The molecule has 2 N–H and O–H groups in total.